The first-order valence-electron chi connectivity index (χ1n) is 10.4. The summed E-state index contributed by atoms with van der Waals surface area (Å²) in [7, 11) is 1.32. The van der Waals surface area contributed by atoms with Crippen molar-refractivity contribution in [3.8, 4) is 5.69 Å². The molecule has 1 heterocycles. The number of rotatable bonds is 8. The van der Waals surface area contributed by atoms with Crippen LogP contribution in [0.3, 0.4) is 0 Å². The average molecular weight is 428 g/mol. The minimum atomic E-state index is -0.735. The van der Waals surface area contributed by atoms with E-state index >= 15 is 0 Å². The fraction of sp³-hybridized carbons (Fsp3) is 0.200. The van der Waals surface area contributed by atoms with Gasteiger partial charge in [-0.25, -0.2) is 9.48 Å². The highest BCUT2D eigenvalue weighted by molar-refractivity contribution is 5.90. The van der Waals surface area contributed by atoms with Crippen LogP contribution in [0.2, 0.25) is 0 Å². The van der Waals surface area contributed by atoms with Gasteiger partial charge in [0.25, 0.3) is 0 Å². The molecule has 0 aliphatic carbocycles. The van der Waals surface area contributed by atoms with E-state index in [1.807, 2.05) is 79.0 Å². The number of methoxy groups -OCH3 is 1. The summed E-state index contributed by atoms with van der Waals surface area (Å²) in [5.74, 6) is -0.708. The third-order valence-corrected chi connectivity index (χ3v) is 5.27. The number of carbonyl (C=O) groups excluding carboxylic acids is 2. The predicted molar refractivity (Wildman–Crippen MR) is 121 cm³/mol. The zero-order chi connectivity index (χ0) is 22.3. The normalized spacial score (nSPS) is 11.8. The van der Waals surface area contributed by atoms with Crippen LogP contribution in [0.1, 0.15) is 17.7 Å². The van der Waals surface area contributed by atoms with Crippen molar-refractivity contribution in [2.75, 3.05) is 7.11 Å². The lowest BCUT2D eigenvalue weighted by atomic mass is 10.1. The van der Waals surface area contributed by atoms with E-state index in [-0.39, 0.29) is 12.3 Å². The van der Waals surface area contributed by atoms with E-state index in [4.69, 9.17) is 4.74 Å². The molecule has 7 heteroatoms. The Hall–Kier alpha value is -4.00. The summed E-state index contributed by atoms with van der Waals surface area (Å²) in [6.45, 7) is 0. The number of aromatic nitrogens is 3. The van der Waals surface area contributed by atoms with Gasteiger partial charge in [0.15, 0.2) is 0 Å². The quantitative estimate of drug-likeness (QED) is 0.436. The molecule has 0 aliphatic heterocycles. The van der Waals surface area contributed by atoms with Crippen LogP contribution >= 0.6 is 0 Å². The molecule has 4 rings (SSSR count). The van der Waals surface area contributed by atoms with Crippen LogP contribution in [0.25, 0.3) is 16.5 Å². The van der Waals surface area contributed by atoms with Gasteiger partial charge in [-0.15, -0.1) is 5.10 Å². The average Bonchev–Trinajstić information content (AvgIpc) is 3.31. The molecule has 1 amide bonds. The van der Waals surface area contributed by atoms with Crippen LogP contribution < -0.4 is 5.32 Å². The zero-order valence-electron chi connectivity index (χ0n) is 17.8. The van der Waals surface area contributed by atoms with E-state index in [0.717, 1.165) is 22.0 Å². The summed E-state index contributed by atoms with van der Waals surface area (Å²) in [6.07, 6.45) is 2.81. The summed E-state index contributed by atoms with van der Waals surface area (Å²) in [4.78, 5) is 24.6. The Kier molecular flexibility index (Phi) is 6.55. The smallest absolute Gasteiger partial charge is 0.328 e. The molecule has 0 saturated carbocycles. The number of hydrogen-bond donors (Lipinski definition) is 1. The maximum atomic E-state index is 12.5. The van der Waals surface area contributed by atoms with Crippen LogP contribution in [0.15, 0.2) is 79.0 Å². The number of ether oxygens (including phenoxy) is 1. The Morgan fingerprint density at radius 3 is 2.56 bits per heavy atom. The van der Waals surface area contributed by atoms with Gasteiger partial charge in [0.2, 0.25) is 5.91 Å². The fourth-order valence-corrected chi connectivity index (χ4v) is 3.63. The van der Waals surface area contributed by atoms with E-state index in [0.29, 0.717) is 18.5 Å². The molecule has 1 atom stereocenters. The molecule has 32 heavy (non-hydrogen) atoms. The first-order chi connectivity index (χ1) is 15.6. The number of aryl methyl sites for hydroxylation is 1. The second kappa shape index (κ2) is 9.87. The fourth-order valence-electron chi connectivity index (χ4n) is 3.63. The van der Waals surface area contributed by atoms with E-state index in [1.54, 1.807) is 4.68 Å². The Morgan fingerprint density at radius 1 is 1.00 bits per heavy atom. The van der Waals surface area contributed by atoms with Gasteiger partial charge in [-0.1, -0.05) is 71.9 Å². The highest BCUT2D eigenvalue weighted by atomic mass is 16.5. The number of benzene rings is 3. The number of hydrogen-bond acceptors (Lipinski definition) is 5. The minimum Gasteiger partial charge on any atom is -0.467 e. The van der Waals surface area contributed by atoms with Crippen LogP contribution in [0.5, 0.6) is 0 Å². The zero-order valence-corrected chi connectivity index (χ0v) is 17.8. The monoisotopic (exact) mass is 428 g/mol. The molecule has 4 aromatic rings. The number of amides is 1. The van der Waals surface area contributed by atoms with Gasteiger partial charge in [-0.2, -0.15) is 0 Å². The van der Waals surface area contributed by atoms with Gasteiger partial charge in [-0.05, 0) is 17.0 Å². The molecule has 1 N–H and O–H groups in total. The molecule has 0 saturated heterocycles. The van der Waals surface area contributed by atoms with Crippen molar-refractivity contribution in [2.24, 2.45) is 0 Å². The number of fused-ring (bicyclic) bond motifs is 1. The van der Waals surface area contributed by atoms with Gasteiger partial charge >= 0.3 is 5.97 Å². The molecule has 0 spiro atoms. The largest absolute Gasteiger partial charge is 0.467 e. The van der Waals surface area contributed by atoms with Crippen LogP contribution in [0, 0.1) is 0 Å². The number of nitrogens with one attached hydrogen (secondary N) is 1. The minimum absolute atomic E-state index is 0.191. The molecule has 0 radical (unpaired) electrons. The highest BCUT2D eigenvalue weighted by Gasteiger charge is 2.22. The molecular weight excluding hydrogens is 404 g/mol. The Morgan fingerprint density at radius 2 is 1.75 bits per heavy atom. The van der Waals surface area contributed by atoms with Gasteiger partial charge in [0.1, 0.15) is 6.04 Å². The Bertz CT molecular complexity index is 1210. The summed E-state index contributed by atoms with van der Waals surface area (Å²) >= 11 is 0. The lowest BCUT2D eigenvalue weighted by Crippen LogP contribution is -2.43. The Labute approximate surface area is 186 Å². The van der Waals surface area contributed by atoms with Crippen molar-refractivity contribution < 1.29 is 14.3 Å². The third kappa shape index (κ3) is 5.00. The van der Waals surface area contributed by atoms with Crippen LogP contribution in [0.4, 0.5) is 0 Å². The van der Waals surface area contributed by atoms with Gasteiger partial charge in [0.05, 0.1) is 24.7 Å². The van der Waals surface area contributed by atoms with Crippen LogP contribution in [-0.4, -0.2) is 40.0 Å². The van der Waals surface area contributed by atoms with Gasteiger partial charge < -0.3 is 10.1 Å². The summed E-state index contributed by atoms with van der Waals surface area (Å²) in [6, 6.07) is 22.9. The first kappa shape index (κ1) is 21.2. The maximum absolute atomic E-state index is 12.5. The second-order valence-corrected chi connectivity index (χ2v) is 7.49. The first-order valence-corrected chi connectivity index (χ1v) is 10.4. The van der Waals surface area contributed by atoms with E-state index < -0.39 is 12.0 Å². The molecule has 0 fully saturated rings. The number of nitrogens with zero attached hydrogens (tertiary/aromatic N) is 3. The predicted octanol–water partition coefficient (Wildman–Crippen LogP) is 3.25. The second-order valence-electron chi connectivity index (χ2n) is 7.49. The molecule has 1 aromatic heterocycles. The van der Waals surface area contributed by atoms with Crippen LogP contribution in [-0.2, 0) is 27.2 Å². The molecular formula is C25H24N4O3. The SMILES string of the molecule is COC(=O)[C@@H](Cc1ccccc1)NC(=O)CCc1cn(-c2cccc3ccccc23)nn1. The summed E-state index contributed by atoms with van der Waals surface area (Å²) < 4.78 is 6.58. The summed E-state index contributed by atoms with van der Waals surface area (Å²) in [5.41, 5.74) is 2.58. The van der Waals surface area contributed by atoms with Gasteiger partial charge in [-0.3, -0.25) is 4.79 Å². The van der Waals surface area contributed by atoms with Gasteiger partial charge in [0, 0.05) is 24.6 Å². The summed E-state index contributed by atoms with van der Waals surface area (Å²) in [5, 5.41) is 13.4. The third-order valence-electron chi connectivity index (χ3n) is 5.27. The van der Waals surface area contributed by atoms with E-state index in [2.05, 4.69) is 15.6 Å². The van der Waals surface area contributed by atoms with Crippen molar-refractivity contribution in [2.45, 2.75) is 25.3 Å². The molecule has 7 nitrogen and oxygen atoms in total. The molecule has 162 valence electrons. The van der Waals surface area contributed by atoms with E-state index in [1.165, 1.54) is 7.11 Å². The topological polar surface area (TPSA) is 86.1 Å². The lowest BCUT2D eigenvalue weighted by Gasteiger charge is -2.16. The maximum Gasteiger partial charge on any atom is 0.328 e. The van der Waals surface area contributed by atoms with Crippen molar-refractivity contribution in [1.82, 2.24) is 20.3 Å². The standard InChI is InChI=1S/C25H24N4O3/c1-32-25(31)22(16-18-8-3-2-4-9-18)26-24(30)15-14-20-17-29(28-27-20)23-13-7-11-19-10-5-6-12-21(19)23/h2-13,17,22H,14-16H2,1H3,(H,26,30)/t22-/m1/s1. The van der Waals surface area contributed by atoms with E-state index in [9.17, 15) is 9.59 Å². The number of esters is 1. The van der Waals surface area contributed by atoms with Crippen molar-refractivity contribution in [3.05, 3.63) is 90.3 Å². The molecule has 3 aromatic carbocycles. The molecule has 0 unspecified atom stereocenters. The molecule has 0 bridgehead atoms. The Balaban J connectivity index is 1.39. The number of carbonyl (C=O) groups is 2. The van der Waals surface area contributed by atoms with Crippen molar-refractivity contribution in [1.29, 1.82) is 0 Å². The highest BCUT2D eigenvalue weighted by Crippen LogP contribution is 2.21. The van der Waals surface area contributed by atoms with Crippen molar-refractivity contribution >= 4 is 22.6 Å². The molecule has 0 aliphatic rings. The lowest BCUT2D eigenvalue weighted by molar-refractivity contribution is -0.145. The van der Waals surface area contributed by atoms with Crippen molar-refractivity contribution in [3.63, 3.8) is 0 Å².